The van der Waals surface area contributed by atoms with Crippen LogP contribution in [0.3, 0.4) is 0 Å². The van der Waals surface area contributed by atoms with Crippen LogP contribution in [-0.2, 0) is 0 Å². The van der Waals surface area contributed by atoms with E-state index in [0.29, 0.717) is 17.9 Å². The molecule has 0 aromatic heterocycles. The second kappa shape index (κ2) is 12.0. The van der Waals surface area contributed by atoms with Crippen molar-refractivity contribution in [2.45, 2.75) is 58.3 Å². The molecule has 31 heavy (non-hydrogen) atoms. The monoisotopic (exact) mass is 420 g/mol. The highest BCUT2D eigenvalue weighted by Gasteiger charge is 2.09. The molecule has 0 unspecified atom stereocenters. The van der Waals surface area contributed by atoms with E-state index in [4.69, 9.17) is 9.47 Å². The standard InChI is InChI=1S/C27H32O4/c1-2-3-4-5-6-7-8-9-18-30-25-15-11-21(12-16-25)27(29)31-26-17-13-22-19-24(28)14-10-23(22)20-26/h10-17,19-20,28H,2-9,18H2,1H3. The molecule has 3 aromatic rings. The maximum absolute atomic E-state index is 12.4. The van der Waals surface area contributed by atoms with E-state index in [1.807, 2.05) is 18.2 Å². The molecule has 1 N–H and O–H groups in total. The van der Waals surface area contributed by atoms with E-state index in [9.17, 15) is 9.90 Å². The Kier molecular flexibility index (Phi) is 8.77. The summed E-state index contributed by atoms with van der Waals surface area (Å²) in [6.45, 7) is 2.94. The van der Waals surface area contributed by atoms with Gasteiger partial charge in [0, 0.05) is 0 Å². The van der Waals surface area contributed by atoms with Crippen molar-refractivity contribution < 1.29 is 19.4 Å². The smallest absolute Gasteiger partial charge is 0.343 e. The van der Waals surface area contributed by atoms with E-state index in [2.05, 4.69) is 6.92 Å². The summed E-state index contributed by atoms with van der Waals surface area (Å²) >= 11 is 0. The molecule has 0 saturated heterocycles. The van der Waals surface area contributed by atoms with Gasteiger partial charge in [-0.15, -0.1) is 0 Å². The third-order valence-corrected chi connectivity index (χ3v) is 5.36. The maximum atomic E-state index is 12.4. The third kappa shape index (κ3) is 7.32. The zero-order valence-electron chi connectivity index (χ0n) is 18.3. The zero-order valence-corrected chi connectivity index (χ0v) is 18.3. The molecule has 4 nitrogen and oxygen atoms in total. The molecule has 0 aliphatic heterocycles. The summed E-state index contributed by atoms with van der Waals surface area (Å²) in [6, 6.07) is 17.5. The predicted octanol–water partition coefficient (Wildman–Crippen LogP) is 7.28. The van der Waals surface area contributed by atoms with Crippen LogP contribution in [-0.4, -0.2) is 17.7 Å². The van der Waals surface area contributed by atoms with E-state index in [-0.39, 0.29) is 5.75 Å². The number of phenolic OH excluding ortho intramolecular Hbond substituents is 1. The van der Waals surface area contributed by atoms with Crippen LogP contribution < -0.4 is 9.47 Å². The minimum atomic E-state index is -0.409. The van der Waals surface area contributed by atoms with E-state index in [0.717, 1.165) is 22.9 Å². The van der Waals surface area contributed by atoms with E-state index >= 15 is 0 Å². The summed E-state index contributed by atoms with van der Waals surface area (Å²) in [4.78, 5) is 12.4. The van der Waals surface area contributed by atoms with E-state index < -0.39 is 5.97 Å². The summed E-state index contributed by atoms with van der Waals surface area (Å²) < 4.78 is 11.3. The summed E-state index contributed by atoms with van der Waals surface area (Å²) in [5, 5.41) is 11.3. The number of phenols is 1. The molecule has 0 saturated carbocycles. The van der Waals surface area contributed by atoms with Crippen LogP contribution >= 0.6 is 0 Å². The average Bonchev–Trinajstić information content (AvgIpc) is 2.78. The Balaban J connectivity index is 1.41. The maximum Gasteiger partial charge on any atom is 0.343 e. The molecule has 0 aliphatic carbocycles. The second-order valence-corrected chi connectivity index (χ2v) is 7.93. The molecule has 0 fully saturated rings. The highest BCUT2D eigenvalue weighted by Crippen LogP contribution is 2.25. The molecule has 0 bridgehead atoms. The molecule has 0 atom stereocenters. The molecule has 0 radical (unpaired) electrons. The highest BCUT2D eigenvalue weighted by molar-refractivity contribution is 5.92. The quantitative estimate of drug-likeness (QED) is 0.190. The molecule has 3 aromatic carbocycles. The van der Waals surface area contributed by atoms with Crippen molar-refractivity contribution in [3.8, 4) is 17.2 Å². The van der Waals surface area contributed by atoms with Gasteiger partial charge in [0.25, 0.3) is 0 Å². The third-order valence-electron chi connectivity index (χ3n) is 5.36. The minimum absolute atomic E-state index is 0.210. The van der Waals surface area contributed by atoms with Gasteiger partial charge < -0.3 is 14.6 Å². The Morgan fingerprint density at radius 3 is 2.10 bits per heavy atom. The van der Waals surface area contributed by atoms with Crippen LogP contribution in [0.15, 0.2) is 60.7 Å². The van der Waals surface area contributed by atoms with Crippen LogP contribution in [0.4, 0.5) is 0 Å². The van der Waals surface area contributed by atoms with Gasteiger partial charge in [-0.2, -0.15) is 0 Å². The lowest BCUT2D eigenvalue weighted by Crippen LogP contribution is -2.08. The van der Waals surface area contributed by atoms with Crippen LogP contribution in [0.2, 0.25) is 0 Å². The Morgan fingerprint density at radius 2 is 1.35 bits per heavy atom. The largest absolute Gasteiger partial charge is 0.508 e. The molecule has 0 aliphatic rings. The van der Waals surface area contributed by atoms with E-state index in [1.165, 1.54) is 44.9 Å². The number of hydrogen-bond donors (Lipinski definition) is 1. The number of carbonyl (C=O) groups excluding carboxylic acids is 1. The topological polar surface area (TPSA) is 55.8 Å². The molecule has 3 rings (SSSR count). The van der Waals surface area contributed by atoms with Gasteiger partial charge in [-0.3, -0.25) is 0 Å². The number of carbonyl (C=O) groups is 1. The number of benzene rings is 3. The number of hydrogen-bond acceptors (Lipinski definition) is 4. The van der Waals surface area contributed by atoms with Gasteiger partial charge in [0.05, 0.1) is 12.2 Å². The van der Waals surface area contributed by atoms with Gasteiger partial charge in [0.15, 0.2) is 0 Å². The first-order valence-electron chi connectivity index (χ1n) is 11.3. The van der Waals surface area contributed by atoms with Crippen LogP contribution in [0.1, 0.15) is 68.6 Å². The second-order valence-electron chi connectivity index (χ2n) is 7.93. The lowest BCUT2D eigenvalue weighted by molar-refractivity contribution is 0.0735. The van der Waals surface area contributed by atoms with Crippen molar-refractivity contribution in [3.05, 3.63) is 66.2 Å². The van der Waals surface area contributed by atoms with Gasteiger partial charge in [-0.1, -0.05) is 64.0 Å². The number of unbranched alkanes of at least 4 members (excludes halogenated alkanes) is 7. The predicted molar refractivity (Wildman–Crippen MR) is 125 cm³/mol. The summed E-state index contributed by atoms with van der Waals surface area (Å²) in [5.41, 5.74) is 0.477. The average molecular weight is 421 g/mol. The molecule has 4 heteroatoms. The van der Waals surface area contributed by atoms with Crippen molar-refractivity contribution in [2.24, 2.45) is 0 Å². The number of esters is 1. The lowest BCUT2D eigenvalue weighted by Gasteiger charge is -2.08. The normalized spacial score (nSPS) is 10.9. The molecule has 164 valence electrons. The Bertz CT molecular complexity index is 963. The van der Waals surface area contributed by atoms with Gasteiger partial charge in [0.1, 0.15) is 17.2 Å². The van der Waals surface area contributed by atoms with Crippen LogP contribution in [0, 0.1) is 0 Å². The van der Waals surface area contributed by atoms with Crippen LogP contribution in [0.25, 0.3) is 10.8 Å². The van der Waals surface area contributed by atoms with Crippen molar-refractivity contribution in [2.75, 3.05) is 6.61 Å². The van der Waals surface area contributed by atoms with Crippen LogP contribution in [0.5, 0.6) is 17.2 Å². The fourth-order valence-electron chi connectivity index (χ4n) is 3.55. The molecule has 0 amide bonds. The van der Waals surface area contributed by atoms with Crippen molar-refractivity contribution in [1.29, 1.82) is 0 Å². The summed E-state index contributed by atoms with van der Waals surface area (Å²) in [7, 11) is 0. The molecule has 0 spiro atoms. The Hall–Kier alpha value is -3.01. The van der Waals surface area contributed by atoms with Gasteiger partial charge in [-0.05, 0) is 65.7 Å². The lowest BCUT2D eigenvalue weighted by atomic mass is 10.1. The Morgan fingerprint density at radius 1 is 0.742 bits per heavy atom. The van der Waals surface area contributed by atoms with Gasteiger partial charge in [0.2, 0.25) is 0 Å². The molecular formula is C27H32O4. The number of ether oxygens (including phenoxy) is 2. The first-order chi connectivity index (χ1) is 15.2. The van der Waals surface area contributed by atoms with Crippen molar-refractivity contribution in [3.63, 3.8) is 0 Å². The summed E-state index contributed by atoms with van der Waals surface area (Å²) in [5.74, 6) is 1.04. The van der Waals surface area contributed by atoms with Gasteiger partial charge >= 0.3 is 5.97 Å². The fourth-order valence-corrected chi connectivity index (χ4v) is 3.55. The number of fused-ring (bicyclic) bond motifs is 1. The highest BCUT2D eigenvalue weighted by atomic mass is 16.5. The molecular weight excluding hydrogens is 388 g/mol. The SMILES string of the molecule is CCCCCCCCCCOc1ccc(C(=O)Oc2ccc3cc(O)ccc3c2)cc1. The fraction of sp³-hybridized carbons (Fsp3) is 0.370. The minimum Gasteiger partial charge on any atom is -0.508 e. The first kappa shape index (κ1) is 22.7. The number of aromatic hydroxyl groups is 1. The zero-order chi connectivity index (χ0) is 21.9. The van der Waals surface area contributed by atoms with E-state index in [1.54, 1.807) is 42.5 Å². The Labute approximate surface area is 184 Å². The number of rotatable bonds is 12. The molecule has 0 heterocycles. The summed E-state index contributed by atoms with van der Waals surface area (Å²) in [6.07, 6.45) is 10.2. The van der Waals surface area contributed by atoms with Crippen molar-refractivity contribution >= 4 is 16.7 Å². The van der Waals surface area contributed by atoms with Crippen molar-refractivity contribution in [1.82, 2.24) is 0 Å². The first-order valence-corrected chi connectivity index (χ1v) is 11.3. The van der Waals surface area contributed by atoms with Gasteiger partial charge in [-0.25, -0.2) is 4.79 Å².